The molecule has 0 radical (unpaired) electrons. The lowest BCUT2D eigenvalue weighted by Gasteiger charge is -2.11. The van der Waals surface area contributed by atoms with Crippen LogP contribution in [-0.4, -0.2) is 48.4 Å². The smallest absolute Gasteiger partial charge is 0.337 e. The molecule has 8 nitrogen and oxygen atoms in total. The predicted molar refractivity (Wildman–Crippen MR) is 136 cm³/mol. The molecule has 0 atom stereocenters. The SMILES string of the molecule is CN(C)NC(=O)CCC(=O)CNCc1cccc(-c2ccc(Nc3ccccc3C(=O)O)cc2)c1. The molecular weight excluding hydrogens is 444 g/mol. The van der Waals surface area contributed by atoms with Crippen LogP contribution >= 0.6 is 0 Å². The molecule has 0 fully saturated rings. The lowest BCUT2D eigenvalue weighted by molar-refractivity contribution is -0.127. The number of benzene rings is 3. The fourth-order valence-electron chi connectivity index (χ4n) is 3.53. The van der Waals surface area contributed by atoms with Crippen molar-refractivity contribution in [1.82, 2.24) is 15.8 Å². The van der Waals surface area contributed by atoms with E-state index in [4.69, 9.17) is 0 Å². The molecule has 0 saturated heterocycles. The molecular formula is C27H30N4O4. The van der Waals surface area contributed by atoms with Crippen molar-refractivity contribution in [3.8, 4) is 11.1 Å². The highest BCUT2D eigenvalue weighted by Crippen LogP contribution is 2.25. The number of aromatic carboxylic acids is 1. The summed E-state index contributed by atoms with van der Waals surface area (Å²) in [4.78, 5) is 35.1. The monoisotopic (exact) mass is 474 g/mol. The number of Topliss-reactive ketones (excluding diaryl/α,β-unsaturated/α-hetero) is 1. The molecule has 0 saturated carbocycles. The Kier molecular flexibility index (Phi) is 9.11. The third kappa shape index (κ3) is 8.06. The number of para-hydroxylation sites is 1. The normalized spacial score (nSPS) is 10.7. The second kappa shape index (κ2) is 12.5. The molecule has 1 amide bonds. The quantitative estimate of drug-likeness (QED) is 0.295. The van der Waals surface area contributed by atoms with E-state index < -0.39 is 5.97 Å². The molecule has 0 unspecified atom stereocenters. The van der Waals surface area contributed by atoms with Crippen LogP contribution in [0.3, 0.4) is 0 Å². The first-order valence-electron chi connectivity index (χ1n) is 11.3. The summed E-state index contributed by atoms with van der Waals surface area (Å²) >= 11 is 0. The molecule has 182 valence electrons. The zero-order valence-corrected chi connectivity index (χ0v) is 19.9. The van der Waals surface area contributed by atoms with Crippen LogP contribution < -0.4 is 16.1 Å². The summed E-state index contributed by atoms with van der Waals surface area (Å²) in [6.45, 7) is 0.743. The third-order valence-electron chi connectivity index (χ3n) is 5.21. The molecule has 0 aliphatic carbocycles. The highest BCUT2D eigenvalue weighted by atomic mass is 16.4. The van der Waals surface area contributed by atoms with Crippen LogP contribution in [0, 0.1) is 0 Å². The number of amides is 1. The number of nitrogens with one attached hydrogen (secondary N) is 3. The predicted octanol–water partition coefficient (Wildman–Crippen LogP) is 3.83. The first kappa shape index (κ1) is 25.6. The minimum atomic E-state index is -0.980. The van der Waals surface area contributed by atoms with Gasteiger partial charge in [-0.1, -0.05) is 42.5 Å². The fraction of sp³-hybridized carbons (Fsp3) is 0.222. The molecule has 8 heteroatoms. The number of carbonyl (C=O) groups excluding carboxylic acids is 2. The van der Waals surface area contributed by atoms with Crippen LogP contribution in [0.4, 0.5) is 11.4 Å². The molecule has 3 aromatic carbocycles. The van der Waals surface area contributed by atoms with Crippen molar-refractivity contribution in [1.29, 1.82) is 0 Å². The van der Waals surface area contributed by atoms with E-state index in [2.05, 4.69) is 22.1 Å². The van der Waals surface area contributed by atoms with Crippen LogP contribution in [0.15, 0.2) is 72.8 Å². The number of ketones is 1. The summed E-state index contributed by atoms with van der Waals surface area (Å²) in [6.07, 6.45) is 0.366. The van der Waals surface area contributed by atoms with E-state index in [1.165, 1.54) is 0 Å². The van der Waals surface area contributed by atoms with Crippen LogP contribution in [0.1, 0.15) is 28.8 Å². The average molecular weight is 475 g/mol. The van der Waals surface area contributed by atoms with E-state index in [0.717, 1.165) is 22.4 Å². The number of carboxylic acids is 1. The summed E-state index contributed by atoms with van der Waals surface area (Å²) < 4.78 is 0. The molecule has 0 aliphatic rings. The Morgan fingerprint density at radius 1 is 0.857 bits per heavy atom. The third-order valence-corrected chi connectivity index (χ3v) is 5.21. The minimum Gasteiger partial charge on any atom is -0.478 e. The van der Waals surface area contributed by atoms with Gasteiger partial charge in [0.1, 0.15) is 5.78 Å². The molecule has 0 aliphatic heterocycles. The summed E-state index contributed by atoms with van der Waals surface area (Å²) in [7, 11) is 3.45. The maximum absolute atomic E-state index is 12.0. The van der Waals surface area contributed by atoms with E-state index in [1.54, 1.807) is 43.4 Å². The Labute approximate surface area is 204 Å². The number of hydrogen-bond donors (Lipinski definition) is 4. The Morgan fingerprint density at radius 3 is 2.31 bits per heavy atom. The van der Waals surface area contributed by atoms with E-state index >= 15 is 0 Å². The van der Waals surface area contributed by atoms with Crippen molar-refractivity contribution in [3.05, 3.63) is 83.9 Å². The Bertz CT molecular complexity index is 1180. The zero-order valence-electron chi connectivity index (χ0n) is 19.9. The van der Waals surface area contributed by atoms with Crippen LogP contribution in [0.2, 0.25) is 0 Å². The van der Waals surface area contributed by atoms with Gasteiger partial charge >= 0.3 is 5.97 Å². The summed E-state index contributed by atoms with van der Waals surface area (Å²) in [6, 6.07) is 22.6. The van der Waals surface area contributed by atoms with Crippen LogP contribution in [-0.2, 0) is 16.1 Å². The fourth-order valence-corrected chi connectivity index (χ4v) is 3.53. The van der Waals surface area contributed by atoms with Gasteiger partial charge in [-0.15, -0.1) is 0 Å². The highest BCUT2D eigenvalue weighted by molar-refractivity contribution is 5.95. The first-order valence-corrected chi connectivity index (χ1v) is 11.3. The average Bonchev–Trinajstić information content (AvgIpc) is 2.83. The second-order valence-electron chi connectivity index (χ2n) is 8.33. The van der Waals surface area contributed by atoms with Gasteiger partial charge < -0.3 is 15.7 Å². The van der Waals surface area contributed by atoms with Crippen molar-refractivity contribution >= 4 is 29.0 Å². The zero-order chi connectivity index (χ0) is 25.2. The van der Waals surface area contributed by atoms with Crippen molar-refractivity contribution in [2.45, 2.75) is 19.4 Å². The van der Waals surface area contributed by atoms with Crippen LogP contribution in [0.5, 0.6) is 0 Å². The van der Waals surface area contributed by atoms with Gasteiger partial charge in [0.05, 0.1) is 17.8 Å². The van der Waals surface area contributed by atoms with Gasteiger partial charge in [-0.25, -0.2) is 9.80 Å². The van der Waals surface area contributed by atoms with Gasteiger partial charge in [-0.2, -0.15) is 0 Å². The molecule has 3 aromatic rings. The summed E-state index contributed by atoms with van der Waals surface area (Å²) in [5.74, 6) is -1.17. The van der Waals surface area contributed by atoms with Gasteiger partial charge in [0.2, 0.25) is 5.91 Å². The first-order chi connectivity index (χ1) is 16.8. The van der Waals surface area contributed by atoms with Crippen LogP contribution in [0.25, 0.3) is 11.1 Å². The van der Waals surface area contributed by atoms with Gasteiger partial charge in [-0.3, -0.25) is 15.0 Å². The Hall–Kier alpha value is -4.01. The van der Waals surface area contributed by atoms with Gasteiger partial charge in [0, 0.05) is 39.2 Å². The number of nitrogens with zero attached hydrogens (tertiary/aromatic N) is 1. The largest absolute Gasteiger partial charge is 0.478 e. The maximum atomic E-state index is 12.0. The number of carboxylic acid groups (broad SMARTS) is 1. The summed E-state index contributed by atoms with van der Waals surface area (Å²) in [5.41, 5.74) is 7.25. The van der Waals surface area contributed by atoms with E-state index in [-0.39, 0.29) is 36.6 Å². The standard InChI is InChI=1S/C27H30N4O4/c1-31(2)30-26(33)15-14-23(32)18-28-17-19-6-5-7-21(16-19)20-10-12-22(13-11-20)29-25-9-4-3-8-24(25)27(34)35/h3-13,16,28-29H,14-15,17-18H2,1-2H3,(H,30,33)(H,34,35). The number of hydrogen-bond acceptors (Lipinski definition) is 6. The summed E-state index contributed by atoms with van der Waals surface area (Å²) in [5, 5.41) is 17.2. The van der Waals surface area contributed by atoms with Crippen molar-refractivity contribution < 1.29 is 19.5 Å². The topological polar surface area (TPSA) is 111 Å². The van der Waals surface area contributed by atoms with Gasteiger partial charge in [-0.05, 0) is 47.0 Å². The van der Waals surface area contributed by atoms with Crippen molar-refractivity contribution in [2.75, 3.05) is 26.0 Å². The van der Waals surface area contributed by atoms with E-state index in [0.29, 0.717) is 12.2 Å². The number of anilines is 2. The Balaban J connectivity index is 1.54. The van der Waals surface area contributed by atoms with Gasteiger partial charge in [0.25, 0.3) is 0 Å². The second-order valence-corrected chi connectivity index (χ2v) is 8.33. The Morgan fingerprint density at radius 2 is 1.60 bits per heavy atom. The molecule has 35 heavy (non-hydrogen) atoms. The highest BCUT2D eigenvalue weighted by Gasteiger charge is 2.10. The molecule has 4 N–H and O–H groups in total. The molecule has 0 heterocycles. The molecule has 0 bridgehead atoms. The van der Waals surface area contributed by atoms with Crippen molar-refractivity contribution in [3.63, 3.8) is 0 Å². The van der Waals surface area contributed by atoms with E-state index in [1.807, 2.05) is 42.5 Å². The minimum absolute atomic E-state index is 0.0115. The molecule has 3 rings (SSSR count). The van der Waals surface area contributed by atoms with E-state index in [9.17, 15) is 19.5 Å². The number of carbonyl (C=O) groups is 3. The number of rotatable bonds is 12. The molecule has 0 spiro atoms. The molecule has 0 aromatic heterocycles. The van der Waals surface area contributed by atoms with Crippen molar-refractivity contribution in [2.24, 2.45) is 0 Å². The lowest BCUT2D eigenvalue weighted by atomic mass is 10.0. The number of hydrazine groups is 1. The van der Waals surface area contributed by atoms with Gasteiger partial charge in [0.15, 0.2) is 0 Å². The maximum Gasteiger partial charge on any atom is 0.337 e. The lowest BCUT2D eigenvalue weighted by Crippen LogP contribution is -2.36.